The monoisotopic (exact) mass is 286 g/mol. The second-order valence-corrected chi connectivity index (χ2v) is 5.64. The number of nitrogens with one attached hydrogen (secondary N) is 1. The Morgan fingerprint density at radius 1 is 1.38 bits per heavy atom. The predicted octanol–water partition coefficient (Wildman–Crippen LogP) is 1.74. The fraction of sp³-hybridized carbons (Fsp3) is 0.438. The first-order valence-corrected chi connectivity index (χ1v) is 7.33. The number of methoxy groups -OCH3 is 1. The maximum atomic E-state index is 5.86. The van der Waals surface area contributed by atoms with E-state index < -0.39 is 0 Å². The molecule has 0 fully saturated rings. The second kappa shape index (κ2) is 5.87. The van der Waals surface area contributed by atoms with Crippen molar-refractivity contribution >= 4 is 0 Å². The lowest BCUT2D eigenvalue weighted by atomic mass is 9.79. The molecule has 1 aromatic carbocycles. The Hall–Kier alpha value is -1.85. The third-order valence-electron chi connectivity index (χ3n) is 4.50. The lowest BCUT2D eigenvalue weighted by Crippen LogP contribution is -2.37. The normalized spacial score (nSPS) is 19.1. The van der Waals surface area contributed by atoms with E-state index in [2.05, 4.69) is 34.8 Å². The van der Waals surface area contributed by atoms with Crippen LogP contribution in [0.2, 0.25) is 0 Å². The fourth-order valence-corrected chi connectivity index (χ4v) is 3.39. The highest BCUT2D eigenvalue weighted by Gasteiger charge is 2.30. The largest absolute Gasteiger partial charge is 0.493 e. The van der Waals surface area contributed by atoms with Crippen LogP contribution >= 0.6 is 0 Å². The molecule has 1 aliphatic carbocycles. The van der Waals surface area contributed by atoms with Crippen LogP contribution in [0.25, 0.3) is 0 Å². The standard InChI is InChI=1S/C16H22N4O/c1-20-16(14(21-2)10-18-20)15(19-17)13-8-7-11-5-3-4-6-12(11)9-13/h3-6,10,13,15,19H,7-9,17H2,1-2H3. The van der Waals surface area contributed by atoms with Gasteiger partial charge in [0.05, 0.1) is 25.0 Å². The summed E-state index contributed by atoms with van der Waals surface area (Å²) in [4.78, 5) is 0. The van der Waals surface area contributed by atoms with Crippen molar-refractivity contribution < 1.29 is 4.74 Å². The SMILES string of the molecule is COc1cnn(C)c1C(NN)C1CCc2ccccc2C1. The number of hydrazine groups is 1. The van der Waals surface area contributed by atoms with Crippen molar-refractivity contribution in [1.29, 1.82) is 0 Å². The molecule has 0 aliphatic heterocycles. The summed E-state index contributed by atoms with van der Waals surface area (Å²) < 4.78 is 7.28. The molecule has 1 aromatic heterocycles. The number of nitrogens with two attached hydrogens (primary N) is 1. The molecule has 0 bridgehead atoms. The van der Waals surface area contributed by atoms with Gasteiger partial charge in [-0.3, -0.25) is 16.0 Å². The molecule has 0 saturated heterocycles. The number of rotatable bonds is 4. The van der Waals surface area contributed by atoms with Gasteiger partial charge in [-0.25, -0.2) is 0 Å². The third-order valence-corrected chi connectivity index (χ3v) is 4.50. The van der Waals surface area contributed by atoms with Gasteiger partial charge in [0, 0.05) is 7.05 Å². The highest BCUT2D eigenvalue weighted by Crippen LogP contribution is 2.36. The molecule has 3 N–H and O–H groups in total. The summed E-state index contributed by atoms with van der Waals surface area (Å²) in [5.41, 5.74) is 6.88. The molecule has 2 aromatic rings. The van der Waals surface area contributed by atoms with Crippen molar-refractivity contribution in [1.82, 2.24) is 15.2 Å². The van der Waals surface area contributed by atoms with Gasteiger partial charge in [0.15, 0.2) is 5.75 Å². The van der Waals surface area contributed by atoms with Gasteiger partial charge in [0.2, 0.25) is 0 Å². The maximum absolute atomic E-state index is 5.86. The van der Waals surface area contributed by atoms with Crippen LogP contribution in [0.3, 0.4) is 0 Å². The molecule has 0 saturated carbocycles. The number of benzene rings is 1. The second-order valence-electron chi connectivity index (χ2n) is 5.64. The highest BCUT2D eigenvalue weighted by atomic mass is 16.5. The first kappa shape index (κ1) is 14.1. The van der Waals surface area contributed by atoms with Crippen molar-refractivity contribution in [3.8, 4) is 5.75 Å². The number of aromatic nitrogens is 2. The van der Waals surface area contributed by atoms with Gasteiger partial charge < -0.3 is 4.74 Å². The third kappa shape index (κ3) is 2.54. The van der Waals surface area contributed by atoms with Gasteiger partial charge in [0.1, 0.15) is 0 Å². The summed E-state index contributed by atoms with van der Waals surface area (Å²) in [6.45, 7) is 0. The quantitative estimate of drug-likeness (QED) is 0.664. The smallest absolute Gasteiger partial charge is 0.161 e. The van der Waals surface area contributed by atoms with E-state index in [1.807, 2.05) is 11.7 Å². The average Bonchev–Trinajstić information content (AvgIpc) is 2.89. The van der Waals surface area contributed by atoms with Gasteiger partial charge in [-0.15, -0.1) is 0 Å². The number of hydrogen-bond acceptors (Lipinski definition) is 4. The highest BCUT2D eigenvalue weighted by molar-refractivity contribution is 5.33. The Bertz CT molecular complexity index is 622. The van der Waals surface area contributed by atoms with Crippen LogP contribution in [-0.4, -0.2) is 16.9 Å². The fourth-order valence-electron chi connectivity index (χ4n) is 3.39. The summed E-state index contributed by atoms with van der Waals surface area (Å²) >= 11 is 0. The van der Waals surface area contributed by atoms with E-state index >= 15 is 0 Å². The number of hydrogen-bond donors (Lipinski definition) is 2. The lowest BCUT2D eigenvalue weighted by molar-refractivity contribution is 0.304. The Morgan fingerprint density at radius 3 is 2.86 bits per heavy atom. The van der Waals surface area contributed by atoms with E-state index in [4.69, 9.17) is 10.6 Å². The lowest BCUT2D eigenvalue weighted by Gasteiger charge is -2.31. The van der Waals surface area contributed by atoms with E-state index in [0.29, 0.717) is 5.92 Å². The summed E-state index contributed by atoms with van der Waals surface area (Å²) in [5, 5.41) is 4.29. The van der Waals surface area contributed by atoms with Gasteiger partial charge in [0.25, 0.3) is 0 Å². The molecule has 1 heterocycles. The first-order chi connectivity index (χ1) is 10.2. The van der Waals surface area contributed by atoms with E-state index in [1.165, 1.54) is 11.1 Å². The first-order valence-electron chi connectivity index (χ1n) is 7.33. The molecular formula is C16H22N4O. The topological polar surface area (TPSA) is 65.1 Å². The zero-order chi connectivity index (χ0) is 14.8. The number of fused-ring (bicyclic) bond motifs is 1. The van der Waals surface area contributed by atoms with Crippen LogP contribution in [0.1, 0.15) is 29.3 Å². The van der Waals surface area contributed by atoms with Crippen LogP contribution in [0.5, 0.6) is 5.75 Å². The summed E-state index contributed by atoms with van der Waals surface area (Å²) in [6, 6.07) is 8.70. The zero-order valence-corrected chi connectivity index (χ0v) is 12.5. The van der Waals surface area contributed by atoms with E-state index in [-0.39, 0.29) is 6.04 Å². The molecule has 112 valence electrons. The molecule has 0 spiro atoms. The van der Waals surface area contributed by atoms with Gasteiger partial charge in [-0.2, -0.15) is 5.10 Å². The summed E-state index contributed by atoms with van der Waals surface area (Å²) in [6.07, 6.45) is 4.98. The zero-order valence-electron chi connectivity index (χ0n) is 12.5. The van der Waals surface area contributed by atoms with Gasteiger partial charge in [-0.05, 0) is 36.3 Å². The van der Waals surface area contributed by atoms with Gasteiger partial charge in [-0.1, -0.05) is 24.3 Å². The van der Waals surface area contributed by atoms with Crippen molar-refractivity contribution in [3.63, 3.8) is 0 Å². The molecule has 5 heteroatoms. The number of aryl methyl sites for hydroxylation is 2. The molecule has 1 aliphatic rings. The van der Waals surface area contributed by atoms with Crippen LogP contribution < -0.4 is 16.0 Å². The molecule has 2 unspecified atom stereocenters. The molecule has 3 rings (SSSR count). The molecule has 0 amide bonds. The molecular weight excluding hydrogens is 264 g/mol. The van der Waals surface area contributed by atoms with Gasteiger partial charge >= 0.3 is 0 Å². The van der Waals surface area contributed by atoms with E-state index in [0.717, 1.165) is 30.7 Å². The molecule has 5 nitrogen and oxygen atoms in total. The maximum Gasteiger partial charge on any atom is 0.161 e. The Labute approximate surface area is 125 Å². The Kier molecular flexibility index (Phi) is 3.94. The minimum Gasteiger partial charge on any atom is -0.493 e. The van der Waals surface area contributed by atoms with E-state index in [1.54, 1.807) is 13.3 Å². The Morgan fingerprint density at radius 2 is 2.14 bits per heavy atom. The van der Waals surface area contributed by atoms with Crippen molar-refractivity contribution in [2.24, 2.45) is 18.8 Å². The van der Waals surface area contributed by atoms with Crippen LogP contribution in [-0.2, 0) is 19.9 Å². The minimum atomic E-state index is 0.0424. The average molecular weight is 286 g/mol. The number of nitrogens with zero attached hydrogens (tertiary/aromatic N) is 2. The summed E-state index contributed by atoms with van der Waals surface area (Å²) in [7, 11) is 3.60. The van der Waals surface area contributed by atoms with Crippen molar-refractivity contribution in [2.75, 3.05) is 7.11 Å². The van der Waals surface area contributed by atoms with Crippen LogP contribution in [0, 0.1) is 5.92 Å². The van der Waals surface area contributed by atoms with Crippen molar-refractivity contribution in [2.45, 2.75) is 25.3 Å². The van der Waals surface area contributed by atoms with Crippen LogP contribution in [0.4, 0.5) is 0 Å². The summed E-state index contributed by atoms with van der Waals surface area (Å²) in [5.74, 6) is 7.09. The molecule has 2 atom stereocenters. The predicted molar refractivity (Wildman–Crippen MR) is 81.8 cm³/mol. The number of ether oxygens (including phenoxy) is 1. The Balaban J connectivity index is 1.90. The van der Waals surface area contributed by atoms with Crippen molar-refractivity contribution in [3.05, 3.63) is 47.3 Å². The molecule has 0 radical (unpaired) electrons. The van der Waals surface area contributed by atoms with E-state index in [9.17, 15) is 0 Å². The van der Waals surface area contributed by atoms with Crippen LogP contribution in [0.15, 0.2) is 30.5 Å². The molecule has 21 heavy (non-hydrogen) atoms. The minimum absolute atomic E-state index is 0.0424.